The molecule has 0 aromatic carbocycles. The number of hydrogen-bond donors (Lipinski definition) is 4. The minimum Gasteiger partial charge on any atom is -0.459 e. The van der Waals surface area contributed by atoms with E-state index in [1.165, 1.54) is 0 Å². The van der Waals surface area contributed by atoms with Gasteiger partial charge in [-0.15, -0.1) is 0 Å². The molecule has 0 saturated heterocycles. The van der Waals surface area contributed by atoms with Crippen molar-refractivity contribution in [3.05, 3.63) is 25.3 Å². The Kier molecular flexibility index (Phi) is 45.0. The van der Waals surface area contributed by atoms with Crippen molar-refractivity contribution in [3.63, 3.8) is 0 Å². The number of carbonyl (C=O) groups is 6. The van der Waals surface area contributed by atoms with E-state index < -0.39 is 36.3 Å². The molecule has 2 fully saturated rings. The maximum atomic E-state index is 12.6. The van der Waals surface area contributed by atoms with Crippen LogP contribution in [0.4, 0.5) is 19.2 Å². The first kappa shape index (κ1) is 80.3. The van der Waals surface area contributed by atoms with Crippen LogP contribution in [0.1, 0.15) is 183 Å². The van der Waals surface area contributed by atoms with Gasteiger partial charge in [0.05, 0.1) is 13.2 Å². The largest absolute Gasteiger partial charge is 0.459 e. The summed E-state index contributed by atoms with van der Waals surface area (Å²) >= 11 is 0. The van der Waals surface area contributed by atoms with Crippen LogP contribution in [0.25, 0.3) is 0 Å². The average Bonchev–Trinajstić information content (AvgIpc) is 1.13. The third-order valence-electron chi connectivity index (χ3n) is 15.1. The highest BCUT2D eigenvalue weighted by Crippen LogP contribution is 2.47. The molecule has 516 valence electrons. The highest BCUT2D eigenvalue weighted by molar-refractivity contribution is 5.81. The highest BCUT2D eigenvalue weighted by Gasteiger charge is 2.43. The summed E-state index contributed by atoms with van der Waals surface area (Å²) in [6.07, 6.45) is 19.5. The van der Waals surface area contributed by atoms with Crippen molar-refractivity contribution in [2.24, 2.45) is 21.7 Å². The van der Waals surface area contributed by atoms with Gasteiger partial charge in [0.15, 0.2) is 0 Å². The van der Waals surface area contributed by atoms with E-state index in [1.807, 2.05) is 0 Å². The number of alkyl carbamates (subject to hydrolysis) is 4. The Hall–Kier alpha value is -4.78. The van der Waals surface area contributed by atoms with E-state index >= 15 is 0 Å². The van der Waals surface area contributed by atoms with E-state index in [2.05, 4.69) is 76.0 Å². The van der Waals surface area contributed by atoms with Crippen LogP contribution in [0, 0.1) is 21.7 Å². The summed E-state index contributed by atoms with van der Waals surface area (Å²) in [4.78, 5) is 71.9. The minimum absolute atomic E-state index is 0.0443. The Morgan fingerprint density at radius 3 is 0.798 bits per heavy atom. The Balaban J connectivity index is 1.25. The van der Waals surface area contributed by atoms with Gasteiger partial charge in [0.25, 0.3) is 0 Å². The first-order valence-electron chi connectivity index (χ1n) is 33.1. The molecule has 89 heavy (non-hydrogen) atoms. The molecule has 2 aliphatic rings. The van der Waals surface area contributed by atoms with Gasteiger partial charge in [0.2, 0.25) is 0 Å². The van der Waals surface area contributed by atoms with Crippen LogP contribution < -0.4 is 21.3 Å². The smallest absolute Gasteiger partial charge is 0.407 e. The van der Waals surface area contributed by atoms with Crippen LogP contribution in [0.2, 0.25) is 0 Å². The number of amides is 4. The third kappa shape index (κ3) is 46.0. The normalized spacial score (nSPS) is 19.3. The molecule has 0 heterocycles. The van der Waals surface area contributed by atoms with Crippen molar-refractivity contribution in [1.29, 1.82) is 0 Å². The molecule has 23 nitrogen and oxygen atoms in total. The minimum atomic E-state index is -0.583. The number of carbonyl (C=O) groups excluding carboxylic acids is 6. The van der Waals surface area contributed by atoms with Gasteiger partial charge in [0.1, 0.15) is 26.4 Å². The summed E-state index contributed by atoms with van der Waals surface area (Å²) in [5.41, 5.74) is -0.616. The molecular formula is C66H118N4O19. The Morgan fingerprint density at radius 1 is 0.326 bits per heavy atom. The lowest BCUT2D eigenvalue weighted by Crippen LogP contribution is -2.50. The Bertz CT molecular complexity index is 1800. The molecule has 4 N–H and O–H groups in total. The van der Waals surface area contributed by atoms with Crippen molar-refractivity contribution >= 4 is 36.3 Å². The highest BCUT2D eigenvalue weighted by atomic mass is 16.6. The van der Waals surface area contributed by atoms with Gasteiger partial charge in [-0.1, -0.05) is 54.7 Å². The predicted molar refractivity (Wildman–Crippen MR) is 339 cm³/mol. The number of ether oxygens (including phenoxy) is 13. The van der Waals surface area contributed by atoms with Crippen molar-refractivity contribution in [3.8, 4) is 0 Å². The summed E-state index contributed by atoms with van der Waals surface area (Å²) in [7, 11) is 0. The zero-order valence-corrected chi connectivity index (χ0v) is 55.6. The molecule has 0 aromatic heterocycles. The van der Waals surface area contributed by atoms with Crippen molar-refractivity contribution in [2.75, 3.05) is 145 Å². The maximum Gasteiger partial charge on any atom is 0.407 e. The van der Waals surface area contributed by atoms with Gasteiger partial charge in [0, 0.05) is 130 Å². The lowest BCUT2D eigenvalue weighted by atomic mass is 9.62. The fourth-order valence-corrected chi connectivity index (χ4v) is 11.6. The second kappa shape index (κ2) is 49.9. The van der Waals surface area contributed by atoms with E-state index in [0.717, 1.165) is 194 Å². The third-order valence-corrected chi connectivity index (χ3v) is 15.1. The van der Waals surface area contributed by atoms with Crippen LogP contribution >= 0.6 is 0 Å². The predicted octanol–water partition coefficient (Wildman–Crippen LogP) is 10.9. The second-order valence-corrected chi connectivity index (χ2v) is 25.7. The van der Waals surface area contributed by atoms with Crippen molar-refractivity contribution in [2.45, 2.75) is 195 Å². The molecule has 2 aliphatic carbocycles. The van der Waals surface area contributed by atoms with Gasteiger partial charge in [-0.05, 0) is 163 Å². The molecule has 4 amide bonds. The summed E-state index contributed by atoms with van der Waals surface area (Å²) in [6, 6.07) is -0.178. The number of esters is 2. The number of rotatable bonds is 54. The maximum absolute atomic E-state index is 12.6. The SMILES string of the molecule is C=CC(=O)OCCOC(=O)NCC1(C)CC(NC(=O)OCCCCOCCCCOCCCCOCCCCOCCCCOCCCCOCCCCOCCCCOC(=O)NC2CC(C)(C)CC(C)(CNC(=O)OCCOC(=O)C=C)C2)CC(C)(C)C1. The van der Waals surface area contributed by atoms with Gasteiger partial charge >= 0.3 is 36.3 Å². The fraction of sp³-hybridized carbons (Fsp3) is 0.848. The lowest BCUT2D eigenvalue weighted by Gasteiger charge is -2.46. The molecule has 4 unspecified atom stereocenters. The first-order valence-corrected chi connectivity index (χ1v) is 33.1. The van der Waals surface area contributed by atoms with E-state index in [0.29, 0.717) is 78.4 Å². The molecule has 23 heteroatoms. The van der Waals surface area contributed by atoms with E-state index in [1.54, 1.807) is 0 Å². The molecule has 4 atom stereocenters. The van der Waals surface area contributed by atoms with Gasteiger partial charge in [-0.2, -0.15) is 0 Å². The van der Waals surface area contributed by atoms with Crippen LogP contribution in [0.3, 0.4) is 0 Å². The van der Waals surface area contributed by atoms with Gasteiger partial charge < -0.3 is 82.8 Å². The standard InChI is InChI=1S/C66H118N4O19/c1-9-57(71)84-43-45-88-59(73)67-53-65(7)49-55(47-63(3,4)51-65)69-61(75)86-41-25-23-39-82-37-21-19-35-80-33-17-15-31-78-29-13-11-27-77-28-12-14-30-79-32-16-18-34-81-36-20-22-38-83-40-24-26-42-87-62(76)70-56-48-64(5,6)52-66(8,50-56)54-68-60(74)89-46-44-85-58(72)10-2/h9-10,55-56H,1-2,11-54H2,3-8H3,(H,67,73)(H,68,74)(H,69,75)(H,70,76). The van der Waals surface area contributed by atoms with Gasteiger partial charge in [-0.3, -0.25) is 0 Å². The number of unbranched alkanes of at least 4 members (excludes halogenated alkanes) is 8. The lowest BCUT2D eigenvalue weighted by molar-refractivity contribution is -0.139. The molecule has 0 aliphatic heterocycles. The van der Waals surface area contributed by atoms with E-state index in [-0.39, 0.29) is 60.2 Å². The molecule has 0 bridgehead atoms. The number of nitrogens with one attached hydrogen (secondary N) is 4. The molecule has 2 saturated carbocycles. The van der Waals surface area contributed by atoms with E-state index in [4.69, 9.17) is 61.6 Å². The average molecular weight is 1270 g/mol. The Morgan fingerprint density at radius 2 is 0.551 bits per heavy atom. The molecule has 0 radical (unpaired) electrons. The molecular weight excluding hydrogens is 1150 g/mol. The van der Waals surface area contributed by atoms with Crippen molar-refractivity contribution < 1.29 is 90.3 Å². The molecule has 2 rings (SSSR count). The summed E-state index contributed by atoms with van der Waals surface area (Å²) < 4.78 is 71.2. The first-order chi connectivity index (χ1) is 42.8. The summed E-state index contributed by atoms with van der Waals surface area (Å²) in [6.45, 7) is 30.7. The monoisotopic (exact) mass is 1270 g/mol. The van der Waals surface area contributed by atoms with Crippen LogP contribution in [-0.2, 0) is 71.2 Å². The Labute approximate surface area is 533 Å². The fourth-order valence-electron chi connectivity index (χ4n) is 11.6. The van der Waals surface area contributed by atoms with Gasteiger partial charge in [-0.25, -0.2) is 28.8 Å². The van der Waals surface area contributed by atoms with Crippen LogP contribution in [0.15, 0.2) is 25.3 Å². The van der Waals surface area contributed by atoms with E-state index in [9.17, 15) is 28.8 Å². The van der Waals surface area contributed by atoms with Crippen LogP contribution in [0.5, 0.6) is 0 Å². The second-order valence-electron chi connectivity index (χ2n) is 25.7. The molecule has 0 spiro atoms. The molecule has 0 aromatic rings. The number of hydrogen-bond acceptors (Lipinski definition) is 19. The topological polar surface area (TPSA) is 271 Å². The summed E-state index contributed by atoms with van der Waals surface area (Å²) in [5, 5.41) is 11.7. The van der Waals surface area contributed by atoms with Crippen molar-refractivity contribution in [1.82, 2.24) is 21.3 Å². The quantitative estimate of drug-likeness (QED) is 0.0191. The summed E-state index contributed by atoms with van der Waals surface area (Å²) in [5.74, 6) is -1.15. The zero-order chi connectivity index (χ0) is 65.2. The zero-order valence-electron chi connectivity index (χ0n) is 55.6. The van der Waals surface area contributed by atoms with Crippen LogP contribution in [-0.4, -0.2) is 194 Å².